The van der Waals surface area contributed by atoms with E-state index in [4.69, 9.17) is 20.6 Å². The lowest BCUT2D eigenvalue weighted by molar-refractivity contribution is -0.127. The van der Waals surface area contributed by atoms with Gasteiger partial charge in [-0.3, -0.25) is 15.5 Å². The van der Waals surface area contributed by atoms with Gasteiger partial charge in [-0.05, 0) is 41.5 Å². The summed E-state index contributed by atoms with van der Waals surface area (Å²) in [5, 5.41) is 11.3. The molecule has 4 N–H and O–H groups in total. The van der Waals surface area contributed by atoms with Gasteiger partial charge in [-0.1, -0.05) is 48.5 Å². The highest BCUT2D eigenvalue weighted by Gasteiger charge is 2.19. The molecule has 37 heavy (non-hydrogen) atoms. The van der Waals surface area contributed by atoms with Crippen molar-refractivity contribution >= 4 is 44.9 Å². The van der Waals surface area contributed by atoms with Crippen LogP contribution in [0.5, 0.6) is 5.75 Å². The van der Waals surface area contributed by atoms with E-state index in [2.05, 4.69) is 5.32 Å². The van der Waals surface area contributed by atoms with Gasteiger partial charge in [0.05, 0.1) is 11.3 Å². The molecule has 2 amide bonds. The molecule has 0 aliphatic heterocycles. The molecule has 190 valence electrons. The van der Waals surface area contributed by atoms with Crippen LogP contribution in [0.3, 0.4) is 0 Å². The SMILES string of the molecule is CN(C)C(=O)Cc1ccc(NC(=O)OCC(Oc2cccc3sc(C(=N)N)cc23)c2ccccc2)cc1. The van der Waals surface area contributed by atoms with Gasteiger partial charge in [0, 0.05) is 29.9 Å². The molecule has 0 fully saturated rings. The molecule has 1 unspecified atom stereocenters. The van der Waals surface area contributed by atoms with Crippen LogP contribution in [0.4, 0.5) is 10.5 Å². The smallest absolute Gasteiger partial charge is 0.411 e. The standard InChI is InChI=1S/C28H28N4O4S/c1-32(2)26(33)15-18-11-13-20(14-12-18)31-28(34)35-17-23(19-7-4-3-5-8-19)36-22-9-6-10-24-21(22)16-25(37-24)27(29)30/h3-14,16,23H,15,17H2,1-2H3,(H3,29,30)(H,31,34). The highest BCUT2D eigenvalue weighted by atomic mass is 32.1. The summed E-state index contributed by atoms with van der Waals surface area (Å²) in [6, 6.07) is 24.1. The lowest BCUT2D eigenvalue weighted by Gasteiger charge is -2.20. The fraction of sp³-hybridized carbons (Fsp3) is 0.179. The Kier molecular flexibility index (Phi) is 8.05. The molecule has 3 aromatic carbocycles. The van der Waals surface area contributed by atoms with Gasteiger partial charge in [0.2, 0.25) is 5.91 Å². The fourth-order valence-electron chi connectivity index (χ4n) is 3.63. The molecule has 1 atom stereocenters. The van der Waals surface area contributed by atoms with Crippen LogP contribution in [-0.4, -0.2) is 43.4 Å². The van der Waals surface area contributed by atoms with Crippen LogP contribution in [0.25, 0.3) is 10.1 Å². The number of carbonyl (C=O) groups is 2. The number of rotatable bonds is 9. The number of nitrogen functional groups attached to an aromatic ring is 1. The highest BCUT2D eigenvalue weighted by Crippen LogP contribution is 2.35. The average Bonchev–Trinajstić information content (AvgIpc) is 3.34. The Hall–Kier alpha value is -4.37. The predicted molar refractivity (Wildman–Crippen MR) is 146 cm³/mol. The number of amidine groups is 1. The van der Waals surface area contributed by atoms with E-state index in [0.29, 0.717) is 22.7 Å². The van der Waals surface area contributed by atoms with Crippen LogP contribution in [0.1, 0.15) is 22.1 Å². The lowest BCUT2D eigenvalue weighted by atomic mass is 10.1. The normalized spacial score (nSPS) is 11.5. The number of fused-ring (bicyclic) bond motifs is 1. The van der Waals surface area contributed by atoms with Crippen LogP contribution in [0.15, 0.2) is 78.9 Å². The Morgan fingerprint density at radius 3 is 2.43 bits per heavy atom. The predicted octanol–water partition coefficient (Wildman–Crippen LogP) is 5.18. The summed E-state index contributed by atoms with van der Waals surface area (Å²) in [6.07, 6.45) is -0.884. The molecule has 8 nitrogen and oxygen atoms in total. The molecule has 9 heteroatoms. The van der Waals surface area contributed by atoms with Gasteiger partial charge in [0.15, 0.2) is 6.10 Å². The number of carbonyl (C=O) groups excluding carboxylic acids is 2. The number of likely N-dealkylation sites (N-methyl/N-ethyl adjacent to an activating group) is 1. The summed E-state index contributed by atoms with van der Waals surface area (Å²) < 4.78 is 12.8. The fourth-order valence-corrected chi connectivity index (χ4v) is 4.57. The molecular formula is C28H28N4O4S. The number of nitrogens with zero attached hydrogens (tertiary/aromatic N) is 1. The molecule has 0 saturated heterocycles. The minimum Gasteiger partial charge on any atom is -0.481 e. The number of thiophene rings is 1. The number of nitrogens with one attached hydrogen (secondary N) is 2. The number of benzene rings is 3. The van der Waals surface area contributed by atoms with E-state index >= 15 is 0 Å². The Bertz CT molecular complexity index is 1400. The van der Waals surface area contributed by atoms with Crippen molar-refractivity contribution in [2.24, 2.45) is 5.73 Å². The number of ether oxygens (including phenoxy) is 2. The van der Waals surface area contributed by atoms with Crippen molar-refractivity contribution in [2.45, 2.75) is 12.5 Å². The Labute approximate surface area is 219 Å². The van der Waals surface area contributed by atoms with Crippen LogP contribution in [0.2, 0.25) is 0 Å². The zero-order chi connectivity index (χ0) is 26.4. The van der Waals surface area contributed by atoms with E-state index in [1.165, 1.54) is 16.2 Å². The zero-order valence-electron chi connectivity index (χ0n) is 20.6. The molecule has 4 aromatic rings. The van der Waals surface area contributed by atoms with Crippen molar-refractivity contribution in [3.63, 3.8) is 0 Å². The monoisotopic (exact) mass is 516 g/mol. The minimum absolute atomic E-state index is 0.00253. The maximum Gasteiger partial charge on any atom is 0.411 e. The van der Waals surface area contributed by atoms with E-state index in [1.54, 1.807) is 38.4 Å². The molecule has 0 aliphatic carbocycles. The van der Waals surface area contributed by atoms with E-state index in [0.717, 1.165) is 21.2 Å². The maximum absolute atomic E-state index is 12.6. The Morgan fingerprint density at radius 1 is 1.03 bits per heavy atom. The first kappa shape index (κ1) is 25.7. The van der Waals surface area contributed by atoms with Crippen molar-refractivity contribution in [3.05, 3.63) is 94.9 Å². The molecule has 4 rings (SSSR count). The molecule has 0 radical (unpaired) electrons. The van der Waals surface area contributed by atoms with Crippen LogP contribution in [-0.2, 0) is 16.0 Å². The lowest BCUT2D eigenvalue weighted by Crippen LogP contribution is -2.23. The quantitative estimate of drug-likeness (QED) is 0.209. The van der Waals surface area contributed by atoms with Crippen molar-refractivity contribution in [1.82, 2.24) is 4.90 Å². The van der Waals surface area contributed by atoms with Gasteiger partial charge in [-0.25, -0.2) is 4.79 Å². The first-order valence-corrected chi connectivity index (χ1v) is 12.4. The van der Waals surface area contributed by atoms with Crippen LogP contribution in [0, 0.1) is 5.41 Å². The van der Waals surface area contributed by atoms with Crippen LogP contribution < -0.4 is 15.8 Å². The van der Waals surface area contributed by atoms with Gasteiger partial charge < -0.3 is 20.1 Å². The number of nitrogens with two attached hydrogens (primary N) is 1. The molecule has 0 bridgehead atoms. The average molecular weight is 517 g/mol. The third-order valence-electron chi connectivity index (χ3n) is 5.65. The summed E-state index contributed by atoms with van der Waals surface area (Å²) in [5.74, 6) is 0.619. The summed E-state index contributed by atoms with van der Waals surface area (Å²) in [5.41, 5.74) is 7.94. The summed E-state index contributed by atoms with van der Waals surface area (Å²) in [4.78, 5) is 26.6. The molecule has 1 aromatic heterocycles. The maximum atomic E-state index is 12.6. The molecule has 0 spiro atoms. The van der Waals surface area contributed by atoms with Gasteiger partial charge >= 0.3 is 6.09 Å². The van der Waals surface area contributed by atoms with Gasteiger partial charge in [0.1, 0.15) is 18.2 Å². The third-order valence-corrected chi connectivity index (χ3v) is 6.78. The summed E-state index contributed by atoms with van der Waals surface area (Å²) in [6.45, 7) is -0.0225. The van der Waals surface area contributed by atoms with E-state index < -0.39 is 12.2 Å². The van der Waals surface area contributed by atoms with Crippen molar-refractivity contribution in [2.75, 3.05) is 26.0 Å². The van der Waals surface area contributed by atoms with Gasteiger partial charge in [-0.2, -0.15) is 0 Å². The van der Waals surface area contributed by atoms with Crippen LogP contribution >= 0.6 is 11.3 Å². The Morgan fingerprint density at radius 2 is 1.76 bits per heavy atom. The largest absolute Gasteiger partial charge is 0.481 e. The van der Waals surface area contributed by atoms with Gasteiger partial charge in [0.25, 0.3) is 0 Å². The topological polar surface area (TPSA) is 118 Å². The number of hydrogen-bond acceptors (Lipinski definition) is 6. The summed E-state index contributed by atoms with van der Waals surface area (Å²) >= 11 is 1.42. The first-order chi connectivity index (χ1) is 17.8. The van der Waals surface area contributed by atoms with Crippen molar-refractivity contribution in [3.8, 4) is 5.75 Å². The molecule has 0 aliphatic rings. The second-order valence-electron chi connectivity index (χ2n) is 8.59. The zero-order valence-corrected chi connectivity index (χ0v) is 21.4. The first-order valence-electron chi connectivity index (χ1n) is 11.6. The minimum atomic E-state index is -0.616. The van der Waals surface area contributed by atoms with Crippen molar-refractivity contribution < 1.29 is 19.1 Å². The van der Waals surface area contributed by atoms with E-state index in [1.807, 2.05) is 54.6 Å². The number of hydrogen-bond donors (Lipinski definition) is 3. The van der Waals surface area contributed by atoms with E-state index in [9.17, 15) is 9.59 Å². The Balaban J connectivity index is 1.44. The molecular weight excluding hydrogens is 488 g/mol. The molecule has 0 saturated carbocycles. The number of anilines is 1. The third kappa shape index (κ3) is 6.65. The molecule has 1 heterocycles. The van der Waals surface area contributed by atoms with E-state index in [-0.39, 0.29) is 18.3 Å². The second kappa shape index (κ2) is 11.6. The van der Waals surface area contributed by atoms with Gasteiger partial charge in [-0.15, -0.1) is 11.3 Å². The second-order valence-corrected chi connectivity index (χ2v) is 9.68. The highest BCUT2D eigenvalue weighted by molar-refractivity contribution is 7.20. The summed E-state index contributed by atoms with van der Waals surface area (Å²) in [7, 11) is 3.43. The van der Waals surface area contributed by atoms with Crippen molar-refractivity contribution in [1.29, 1.82) is 5.41 Å². The number of amides is 2.